The van der Waals surface area contributed by atoms with Gasteiger partial charge < -0.3 is 22.2 Å². The zero-order chi connectivity index (χ0) is 15.7. The fraction of sp³-hybridized carbons (Fsp3) is 1.00. The Balaban J connectivity index is 0. The molecule has 0 aliphatic rings. The highest BCUT2D eigenvalue weighted by Gasteiger charge is 2.20. The lowest BCUT2D eigenvalue weighted by atomic mass is 10.1. The lowest BCUT2D eigenvalue weighted by Gasteiger charge is -2.26. The second-order valence-electron chi connectivity index (χ2n) is 3.99. The predicted molar refractivity (Wildman–Crippen MR) is 68.2 cm³/mol. The first-order chi connectivity index (χ1) is 8.40. The van der Waals surface area contributed by atoms with E-state index in [0.29, 0.717) is 12.5 Å². The fourth-order valence-electron chi connectivity index (χ4n) is 1.59. The monoisotopic (exact) mass is 310 g/mol. The molecule has 1 unspecified atom stereocenters. The van der Waals surface area contributed by atoms with Crippen molar-refractivity contribution in [1.82, 2.24) is 4.90 Å². The lowest BCUT2D eigenvalue weighted by molar-refractivity contribution is 0.220. The molecule has 0 spiro atoms. The summed E-state index contributed by atoms with van der Waals surface area (Å²) >= 11 is 0. The zero-order valence-corrected chi connectivity index (χ0v) is 12.1. The molecule has 0 saturated carbocycles. The van der Waals surface area contributed by atoms with Crippen LogP contribution in [-0.2, 0) is 10.1 Å². The van der Waals surface area contributed by atoms with Crippen LogP contribution in [-0.4, -0.2) is 50.0 Å². The first-order valence-corrected chi connectivity index (χ1v) is 7.58. The highest BCUT2D eigenvalue weighted by atomic mass is 32.2. The molecule has 0 heterocycles. The van der Waals surface area contributed by atoms with Gasteiger partial charge in [0.15, 0.2) is 0 Å². The Hall–Kier alpha value is -0.345. The van der Waals surface area contributed by atoms with Crippen molar-refractivity contribution in [3.05, 3.63) is 0 Å². The van der Waals surface area contributed by atoms with Gasteiger partial charge in [0.25, 0.3) is 10.1 Å². The SMILES string of the molecule is CCN(CC)C(C)CCCS(=O)(=O)O.F[B-](F)(F)F. The molecule has 0 fully saturated rings. The van der Waals surface area contributed by atoms with Gasteiger partial charge in [-0.3, -0.25) is 4.55 Å². The highest BCUT2D eigenvalue weighted by Crippen LogP contribution is 2.07. The van der Waals surface area contributed by atoms with E-state index in [9.17, 15) is 25.7 Å². The minimum atomic E-state index is -6.00. The Labute approximate surface area is 112 Å². The first-order valence-electron chi connectivity index (χ1n) is 5.97. The largest absolute Gasteiger partial charge is 0.673 e. The summed E-state index contributed by atoms with van der Waals surface area (Å²) in [5.41, 5.74) is 0. The van der Waals surface area contributed by atoms with Gasteiger partial charge in [-0.2, -0.15) is 8.42 Å². The van der Waals surface area contributed by atoms with Crippen molar-refractivity contribution in [3.8, 4) is 0 Å². The van der Waals surface area contributed by atoms with E-state index in [4.69, 9.17) is 4.55 Å². The second-order valence-corrected chi connectivity index (χ2v) is 5.57. The van der Waals surface area contributed by atoms with Crippen LogP contribution in [0, 0.1) is 0 Å². The molecule has 0 aromatic carbocycles. The molecular weight excluding hydrogens is 289 g/mol. The normalized spacial score (nSPS) is 13.9. The lowest BCUT2D eigenvalue weighted by Crippen LogP contribution is -2.32. The predicted octanol–water partition coefficient (Wildman–Crippen LogP) is 2.68. The standard InChI is InChI=1S/C9H21NO3S.BF4/c1-4-10(5-2)9(3)7-6-8-14(11,12)13;2-1(3,4)5/h9H,4-8H2,1-3H3,(H,11,12,13);/q;-1. The molecule has 1 N–H and O–H groups in total. The summed E-state index contributed by atoms with van der Waals surface area (Å²) in [6.07, 6.45) is 1.33. The topological polar surface area (TPSA) is 57.6 Å². The molecule has 10 heteroatoms. The van der Waals surface area contributed by atoms with Gasteiger partial charge in [0.05, 0.1) is 5.75 Å². The van der Waals surface area contributed by atoms with Crippen molar-refractivity contribution in [1.29, 1.82) is 0 Å². The molecule has 0 bridgehead atoms. The Morgan fingerprint density at radius 2 is 1.53 bits per heavy atom. The zero-order valence-electron chi connectivity index (χ0n) is 11.3. The quantitative estimate of drug-likeness (QED) is 0.446. The van der Waals surface area contributed by atoms with E-state index in [2.05, 4.69) is 25.7 Å². The molecule has 0 aliphatic heterocycles. The summed E-state index contributed by atoms with van der Waals surface area (Å²) < 4.78 is 68.5. The van der Waals surface area contributed by atoms with Crippen molar-refractivity contribution < 1.29 is 30.2 Å². The van der Waals surface area contributed by atoms with Gasteiger partial charge in [0, 0.05) is 6.04 Å². The molecule has 0 saturated heterocycles. The van der Waals surface area contributed by atoms with Crippen LogP contribution < -0.4 is 0 Å². The molecule has 0 aromatic rings. The summed E-state index contributed by atoms with van der Waals surface area (Å²) in [6, 6.07) is 0.381. The van der Waals surface area contributed by atoms with Gasteiger partial charge in [-0.25, -0.2) is 0 Å². The molecule has 0 amide bonds. The van der Waals surface area contributed by atoms with E-state index in [1.165, 1.54) is 0 Å². The van der Waals surface area contributed by atoms with Crippen molar-refractivity contribution in [3.63, 3.8) is 0 Å². The third-order valence-electron chi connectivity index (χ3n) is 2.46. The average Bonchev–Trinajstić information content (AvgIpc) is 2.14. The highest BCUT2D eigenvalue weighted by molar-refractivity contribution is 7.85. The van der Waals surface area contributed by atoms with E-state index in [-0.39, 0.29) is 5.75 Å². The number of halogens is 4. The number of hydrogen-bond acceptors (Lipinski definition) is 3. The van der Waals surface area contributed by atoms with Crippen LogP contribution in [0.25, 0.3) is 0 Å². The summed E-state index contributed by atoms with van der Waals surface area (Å²) in [4.78, 5) is 2.27. The van der Waals surface area contributed by atoms with Crippen molar-refractivity contribution in [2.45, 2.75) is 39.7 Å². The van der Waals surface area contributed by atoms with Gasteiger partial charge in [0.1, 0.15) is 0 Å². The minimum absolute atomic E-state index is 0.126. The second kappa shape index (κ2) is 9.54. The van der Waals surface area contributed by atoms with Crippen molar-refractivity contribution >= 4 is 17.4 Å². The summed E-state index contributed by atoms with van der Waals surface area (Å²) in [5, 5.41) is 0. The van der Waals surface area contributed by atoms with Gasteiger partial charge in [-0.15, -0.1) is 0 Å². The molecule has 0 radical (unpaired) electrons. The molecule has 1 atom stereocenters. The Morgan fingerprint density at radius 1 is 1.16 bits per heavy atom. The molecule has 118 valence electrons. The summed E-state index contributed by atoms with van der Waals surface area (Å²) in [5.74, 6) is -0.126. The van der Waals surface area contributed by atoms with Crippen LogP contribution in [0.2, 0.25) is 0 Å². The maximum Gasteiger partial charge on any atom is 0.673 e. The van der Waals surface area contributed by atoms with E-state index in [1.54, 1.807) is 0 Å². The first kappa shape index (κ1) is 21.0. The van der Waals surface area contributed by atoms with Crippen LogP contribution in [0.15, 0.2) is 0 Å². The fourth-order valence-corrected chi connectivity index (χ4v) is 2.12. The number of nitrogens with zero attached hydrogens (tertiary/aromatic N) is 1. The number of rotatable bonds is 7. The Bertz CT molecular complexity index is 314. The molecule has 0 rings (SSSR count). The van der Waals surface area contributed by atoms with E-state index in [1.807, 2.05) is 0 Å². The van der Waals surface area contributed by atoms with Gasteiger partial charge >= 0.3 is 7.25 Å². The molecule has 19 heavy (non-hydrogen) atoms. The third-order valence-corrected chi connectivity index (χ3v) is 3.26. The van der Waals surface area contributed by atoms with Crippen LogP contribution in [0.3, 0.4) is 0 Å². The molecular formula is C9H21BF4NO3S-. The van der Waals surface area contributed by atoms with Crippen LogP contribution in [0.5, 0.6) is 0 Å². The molecule has 4 nitrogen and oxygen atoms in total. The van der Waals surface area contributed by atoms with Gasteiger partial charge in [0.2, 0.25) is 0 Å². The van der Waals surface area contributed by atoms with E-state index in [0.717, 1.165) is 19.5 Å². The summed E-state index contributed by atoms with van der Waals surface area (Å²) in [7, 11) is -9.78. The van der Waals surface area contributed by atoms with Crippen LogP contribution in [0.4, 0.5) is 17.3 Å². The molecule has 0 aliphatic carbocycles. The van der Waals surface area contributed by atoms with Crippen molar-refractivity contribution in [2.24, 2.45) is 0 Å². The number of hydrogen-bond donors (Lipinski definition) is 1. The van der Waals surface area contributed by atoms with Crippen LogP contribution >= 0.6 is 0 Å². The average molecular weight is 310 g/mol. The minimum Gasteiger partial charge on any atom is -0.418 e. The Kier molecular flexibility index (Phi) is 10.5. The Morgan fingerprint density at radius 3 is 1.79 bits per heavy atom. The third kappa shape index (κ3) is 20.1. The smallest absolute Gasteiger partial charge is 0.418 e. The van der Waals surface area contributed by atoms with Gasteiger partial charge in [-0.1, -0.05) is 13.8 Å². The van der Waals surface area contributed by atoms with E-state index < -0.39 is 17.4 Å². The van der Waals surface area contributed by atoms with Gasteiger partial charge in [-0.05, 0) is 32.9 Å². The van der Waals surface area contributed by atoms with Crippen molar-refractivity contribution in [2.75, 3.05) is 18.8 Å². The summed E-state index contributed by atoms with van der Waals surface area (Å²) in [6.45, 7) is 8.20. The van der Waals surface area contributed by atoms with E-state index >= 15 is 0 Å². The maximum absolute atomic E-state index is 10.5. The molecule has 0 aromatic heterocycles. The maximum atomic E-state index is 10.5. The van der Waals surface area contributed by atoms with Crippen LogP contribution in [0.1, 0.15) is 33.6 Å².